The van der Waals surface area contributed by atoms with Gasteiger partial charge in [-0.05, 0) is 31.0 Å². The van der Waals surface area contributed by atoms with E-state index in [0.29, 0.717) is 11.6 Å². The Bertz CT molecular complexity index is 390. The summed E-state index contributed by atoms with van der Waals surface area (Å²) in [5, 5.41) is 3.49. The molecule has 1 aromatic carbocycles. The quantitative estimate of drug-likeness (QED) is 0.671. The number of nitrogens with two attached hydrogens (primary N) is 1. The molecule has 1 rings (SSSR count). The lowest BCUT2D eigenvalue weighted by Gasteiger charge is -2.14. The highest BCUT2D eigenvalue weighted by atomic mass is 16.1. The van der Waals surface area contributed by atoms with Crippen LogP contribution in [0.15, 0.2) is 24.3 Å². The first-order chi connectivity index (χ1) is 9.13. The number of unbranched alkanes of at least 4 members (excludes halogenated alkanes) is 3. The number of carbonyl (C=O) groups is 1. The molecular formula is C16H26N2O. The minimum Gasteiger partial charge on any atom is -0.366 e. The normalized spacial score (nSPS) is 12.3. The summed E-state index contributed by atoms with van der Waals surface area (Å²) < 4.78 is 0. The Kier molecular flexibility index (Phi) is 7.19. The van der Waals surface area contributed by atoms with Crippen LogP contribution in [0, 0.1) is 0 Å². The highest BCUT2D eigenvalue weighted by molar-refractivity contribution is 5.92. The second-order valence-corrected chi connectivity index (χ2v) is 5.20. The minimum atomic E-state index is -0.366. The topological polar surface area (TPSA) is 55.1 Å². The number of hydrogen-bond acceptors (Lipinski definition) is 2. The van der Waals surface area contributed by atoms with Gasteiger partial charge in [-0.25, -0.2) is 0 Å². The van der Waals surface area contributed by atoms with Gasteiger partial charge in [0.05, 0.1) is 0 Å². The number of rotatable bonds is 9. The Balaban J connectivity index is 2.31. The van der Waals surface area contributed by atoms with Gasteiger partial charge in [-0.3, -0.25) is 4.79 Å². The third kappa shape index (κ3) is 6.39. The van der Waals surface area contributed by atoms with Gasteiger partial charge < -0.3 is 11.1 Å². The van der Waals surface area contributed by atoms with Crippen molar-refractivity contribution in [2.45, 2.75) is 58.5 Å². The molecular weight excluding hydrogens is 236 g/mol. The minimum absolute atomic E-state index is 0.366. The molecule has 1 unspecified atom stereocenters. The predicted molar refractivity (Wildman–Crippen MR) is 80.0 cm³/mol. The molecule has 106 valence electrons. The van der Waals surface area contributed by atoms with E-state index in [1.165, 1.54) is 32.1 Å². The average molecular weight is 262 g/mol. The zero-order valence-electron chi connectivity index (χ0n) is 12.1. The molecule has 0 heterocycles. The van der Waals surface area contributed by atoms with Crippen molar-refractivity contribution in [2.75, 3.05) is 0 Å². The lowest BCUT2D eigenvalue weighted by Crippen LogP contribution is -2.25. The van der Waals surface area contributed by atoms with Crippen molar-refractivity contribution in [1.29, 1.82) is 0 Å². The summed E-state index contributed by atoms with van der Waals surface area (Å²) in [6, 6.07) is 8.01. The lowest BCUT2D eigenvalue weighted by molar-refractivity contribution is 0.1000. The maximum Gasteiger partial charge on any atom is 0.248 e. The van der Waals surface area contributed by atoms with E-state index in [2.05, 4.69) is 19.2 Å². The maximum absolute atomic E-state index is 11.1. The van der Waals surface area contributed by atoms with Crippen LogP contribution in [0.3, 0.4) is 0 Å². The Morgan fingerprint density at radius 3 is 2.79 bits per heavy atom. The van der Waals surface area contributed by atoms with Crippen LogP contribution in [0.25, 0.3) is 0 Å². The van der Waals surface area contributed by atoms with Crippen LogP contribution >= 0.6 is 0 Å². The Morgan fingerprint density at radius 1 is 1.32 bits per heavy atom. The monoisotopic (exact) mass is 262 g/mol. The van der Waals surface area contributed by atoms with Gasteiger partial charge >= 0.3 is 0 Å². The molecule has 0 saturated carbocycles. The van der Waals surface area contributed by atoms with Gasteiger partial charge in [-0.2, -0.15) is 0 Å². The van der Waals surface area contributed by atoms with E-state index in [1.807, 2.05) is 18.2 Å². The van der Waals surface area contributed by atoms with Crippen molar-refractivity contribution < 1.29 is 4.79 Å². The Morgan fingerprint density at radius 2 is 2.11 bits per heavy atom. The molecule has 0 bridgehead atoms. The summed E-state index contributed by atoms with van der Waals surface area (Å²) in [6.07, 6.45) is 6.41. The summed E-state index contributed by atoms with van der Waals surface area (Å²) in [7, 11) is 0. The van der Waals surface area contributed by atoms with Crippen molar-refractivity contribution in [3.8, 4) is 0 Å². The highest BCUT2D eigenvalue weighted by Crippen LogP contribution is 2.08. The lowest BCUT2D eigenvalue weighted by atomic mass is 10.1. The van der Waals surface area contributed by atoms with Crippen LogP contribution in [-0.2, 0) is 6.54 Å². The van der Waals surface area contributed by atoms with E-state index in [0.717, 1.165) is 12.1 Å². The summed E-state index contributed by atoms with van der Waals surface area (Å²) in [6.45, 7) is 5.23. The fourth-order valence-corrected chi connectivity index (χ4v) is 2.11. The smallest absolute Gasteiger partial charge is 0.248 e. The Labute approximate surface area is 116 Å². The number of nitrogens with one attached hydrogen (secondary N) is 1. The first kappa shape index (κ1) is 15.7. The summed E-state index contributed by atoms with van der Waals surface area (Å²) in [5.74, 6) is -0.366. The second-order valence-electron chi connectivity index (χ2n) is 5.20. The van der Waals surface area contributed by atoms with E-state index < -0.39 is 0 Å². The largest absolute Gasteiger partial charge is 0.366 e. The van der Waals surface area contributed by atoms with Crippen molar-refractivity contribution in [1.82, 2.24) is 5.32 Å². The molecule has 19 heavy (non-hydrogen) atoms. The van der Waals surface area contributed by atoms with Gasteiger partial charge in [0.15, 0.2) is 0 Å². The molecule has 0 radical (unpaired) electrons. The number of hydrogen-bond donors (Lipinski definition) is 2. The van der Waals surface area contributed by atoms with Crippen LogP contribution in [-0.4, -0.2) is 11.9 Å². The average Bonchev–Trinajstić information content (AvgIpc) is 2.41. The standard InChI is InChI=1S/C16H26N2O/c1-3-4-5-6-8-13(2)18-12-14-9-7-10-15(11-14)16(17)19/h7,9-11,13,18H,3-6,8,12H2,1-2H3,(H2,17,19). The molecule has 0 fully saturated rings. The number of carbonyl (C=O) groups excluding carboxylic acids is 1. The van der Waals surface area contributed by atoms with Crippen LogP contribution in [0.4, 0.5) is 0 Å². The Hall–Kier alpha value is -1.35. The van der Waals surface area contributed by atoms with E-state index in [4.69, 9.17) is 5.73 Å². The van der Waals surface area contributed by atoms with Gasteiger partial charge in [0.1, 0.15) is 0 Å². The fraction of sp³-hybridized carbons (Fsp3) is 0.562. The van der Waals surface area contributed by atoms with E-state index in [9.17, 15) is 4.79 Å². The van der Waals surface area contributed by atoms with Gasteiger partial charge in [-0.1, -0.05) is 44.7 Å². The van der Waals surface area contributed by atoms with Gasteiger partial charge in [0, 0.05) is 18.2 Å². The van der Waals surface area contributed by atoms with Crippen LogP contribution in [0.2, 0.25) is 0 Å². The van der Waals surface area contributed by atoms with Gasteiger partial charge in [-0.15, -0.1) is 0 Å². The highest BCUT2D eigenvalue weighted by Gasteiger charge is 2.04. The molecule has 0 saturated heterocycles. The molecule has 0 aliphatic carbocycles. The molecule has 1 amide bonds. The maximum atomic E-state index is 11.1. The third-order valence-electron chi connectivity index (χ3n) is 3.36. The fourth-order valence-electron chi connectivity index (χ4n) is 2.11. The molecule has 0 aliphatic rings. The molecule has 3 nitrogen and oxygen atoms in total. The first-order valence-electron chi connectivity index (χ1n) is 7.25. The number of benzene rings is 1. The van der Waals surface area contributed by atoms with E-state index in [1.54, 1.807) is 6.07 Å². The van der Waals surface area contributed by atoms with E-state index >= 15 is 0 Å². The predicted octanol–water partition coefficient (Wildman–Crippen LogP) is 3.23. The van der Waals surface area contributed by atoms with Crippen LogP contribution < -0.4 is 11.1 Å². The van der Waals surface area contributed by atoms with Crippen LogP contribution in [0.5, 0.6) is 0 Å². The number of amides is 1. The van der Waals surface area contributed by atoms with Gasteiger partial charge in [0.2, 0.25) is 5.91 Å². The third-order valence-corrected chi connectivity index (χ3v) is 3.36. The van der Waals surface area contributed by atoms with Crippen molar-refractivity contribution in [3.63, 3.8) is 0 Å². The van der Waals surface area contributed by atoms with Gasteiger partial charge in [0.25, 0.3) is 0 Å². The molecule has 0 aliphatic heterocycles. The zero-order chi connectivity index (χ0) is 14.1. The van der Waals surface area contributed by atoms with Crippen molar-refractivity contribution in [3.05, 3.63) is 35.4 Å². The van der Waals surface area contributed by atoms with E-state index in [-0.39, 0.29) is 5.91 Å². The van der Waals surface area contributed by atoms with Crippen molar-refractivity contribution in [2.24, 2.45) is 5.73 Å². The molecule has 1 aromatic rings. The molecule has 0 spiro atoms. The van der Waals surface area contributed by atoms with Crippen molar-refractivity contribution >= 4 is 5.91 Å². The SMILES string of the molecule is CCCCCCC(C)NCc1cccc(C(N)=O)c1. The summed E-state index contributed by atoms with van der Waals surface area (Å²) >= 11 is 0. The molecule has 1 atom stereocenters. The summed E-state index contributed by atoms with van der Waals surface area (Å²) in [5.41, 5.74) is 6.96. The zero-order valence-corrected chi connectivity index (χ0v) is 12.1. The van der Waals surface area contributed by atoms with Crippen LogP contribution in [0.1, 0.15) is 61.9 Å². The summed E-state index contributed by atoms with van der Waals surface area (Å²) in [4.78, 5) is 11.1. The first-order valence-corrected chi connectivity index (χ1v) is 7.25. The molecule has 3 heteroatoms. The molecule has 3 N–H and O–H groups in total. The number of primary amides is 1. The molecule has 0 aromatic heterocycles. The second kappa shape index (κ2) is 8.70.